The summed E-state index contributed by atoms with van der Waals surface area (Å²) < 4.78 is 32.6. The number of hydrogen-bond donors (Lipinski definition) is 1. The number of rotatable bonds is 7. The molecule has 1 aliphatic heterocycles. The van der Waals surface area contributed by atoms with Gasteiger partial charge < -0.3 is 15.0 Å². The second kappa shape index (κ2) is 9.59. The number of carbonyl (C=O) groups is 1. The van der Waals surface area contributed by atoms with E-state index in [0.29, 0.717) is 43.1 Å². The van der Waals surface area contributed by atoms with Crippen LogP contribution in [0.5, 0.6) is 0 Å². The Balaban J connectivity index is 1.77. The van der Waals surface area contributed by atoms with E-state index in [1.807, 2.05) is 24.3 Å². The molecule has 1 amide bonds. The van der Waals surface area contributed by atoms with E-state index >= 15 is 0 Å². The minimum absolute atomic E-state index is 0.168. The normalized spacial score (nSPS) is 14.7. The number of carbonyl (C=O) groups excluding carboxylic acids is 1. The van der Waals surface area contributed by atoms with Crippen molar-refractivity contribution in [1.29, 1.82) is 0 Å². The standard InChI is InChI=1S/C22H29N3O4S/c1-4-25(5-2)30(27,28)21-16-18(7-6-17(21)3)22(26)23-19-8-10-20(11-9-19)24-12-14-29-15-13-24/h6-11,16H,4-5,12-15H2,1-3H3,(H,23,26). The third kappa shape index (κ3) is 4.83. The second-order valence-electron chi connectivity index (χ2n) is 7.17. The van der Waals surface area contributed by atoms with Gasteiger partial charge in [-0.1, -0.05) is 19.9 Å². The zero-order valence-electron chi connectivity index (χ0n) is 17.7. The Morgan fingerprint density at radius 2 is 1.70 bits per heavy atom. The van der Waals surface area contributed by atoms with Crippen molar-refractivity contribution < 1.29 is 17.9 Å². The lowest BCUT2D eigenvalue weighted by atomic mass is 10.1. The van der Waals surface area contributed by atoms with Crippen LogP contribution in [0.2, 0.25) is 0 Å². The van der Waals surface area contributed by atoms with Crippen LogP contribution in [-0.2, 0) is 14.8 Å². The summed E-state index contributed by atoms with van der Waals surface area (Å²) in [4.78, 5) is 15.2. The Morgan fingerprint density at radius 3 is 2.30 bits per heavy atom. The number of anilines is 2. The smallest absolute Gasteiger partial charge is 0.255 e. The van der Waals surface area contributed by atoms with Gasteiger partial charge in [0, 0.05) is 43.1 Å². The molecule has 1 N–H and O–H groups in total. The summed E-state index contributed by atoms with van der Waals surface area (Å²) in [6.45, 7) is 9.21. The van der Waals surface area contributed by atoms with Crippen molar-refractivity contribution in [3.8, 4) is 0 Å². The van der Waals surface area contributed by atoms with Crippen LogP contribution in [0.15, 0.2) is 47.4 Å². The fourth-order valence-corrected chi connectivity index (χ4v) is 5.21. The number of hydrogen-bond acceptors (Lipinski definition) is 5. The molecule has 2 aromatic carbocycles. The first-order valence-electron chi connectivity index (χ1n) is 10.2. The maximum absolute atomic E-state index is 12.9. The number of ether oxygens (including phenoxy) is 1. The highest BCUT2D eigenvalue weighted by Gasteiger charge is 2.24. The number of aryl methyl sites for hydroxylation is 1. The van der Waals surface area contributed by atoms with Crippen LogP contribution in [-0.4, -0.2) is 58.0 Å². The summed E-state index contributed by atoms with van der Waals surface area (Å²) in [5.41, 5.74) is 2.67. The van der Waals surface area contributed by atoms with Crippen molar-refractivity contribution in [3.05, 3.63) is 53.6 Å². The predicted octanol–water partition coefficient (Wildman–Crippen LogP) is 3.11. The van der Waals surface area contributed by atoms with Gasteiger partial charge in [-0.3, -0.25) is 4.79 Å². The molecule has 8 heteroatoms. The highest BCUT2D eigenvalue weighted by Crippen LogP contribution is 2.23. The summed E-state index contributed by atoms with van der Waals surface area (Å²) in [5.74, 6) is -0.342. The topological polar surface area (TPSA) is 79.0 Å². The largest absolute Gasteiger partial charge is 0.378 e. The molecule has 1 aliphatic rings. The van der Waals surface area contributed by atoms with E-state index in [1.54, 1.807) is 32.9 Å². The van der Waals surface area contributed by atoms with Crippen LogP contribution in [0, 0.1) is 6.92 Å². The zero-order chi connectivity index (χ0) is 21.7. The molecular formula is C22H29N3O4S. The summed E-state index contributed by atoms with van der Waals surface area (Å²) in [5, 5.41) is 2.85. The van der Waals surface area contributed by atoms with Gasteiger partial charge in [-0.05, 0) is 48.9 Å². The van der Waals surface area contributed by atoms with Crippen LogP contribution in [0.25, 0.3) is 0 Å². The highest BCUT2D eigenvalue weighted by molar-refractivity contribution is 7.89. The van der Waals surface area contributed by atoms with E-state index in [2.05, 4.69) is 10.2 Å². The molecule has 1 saturated heterocycles. The van der Waals surface area contributed by atoms with Gasteiger partial charge in [0.25, 0.3) is 5.91 Å². The van der Waals surface area contributed by atoms with Gasteiger partial charge in [-0.25, -0.2) is 8.42 Å². The van der Waals surface area contributed by atoms with Gasteiger partial charge in [0.05, 0.1) is 18.1 Å². The van der Waals surface area contributed by atoms with Crippen molar-refractivity contribution in [2.24, 2.45) is 0 Å². The van der Waals surface area contributed by atoms with Crippen molar-refractivity contribution in [2.75, 3.05) is 49.6 Å². The number of sulfonamides is 1. The second-order valence-corrected chi connectivity index (χ2v) is 9.08. The van der Waals surface area contributed by atoms with E-state index in [4.69, 9.17) is 4.74 Å². The van der Waals surface area contributed by atoms with E-state index in [9.17, 15) is 13.2 Å². The van der Waals surface area contributed by atoms with Crippen LogP contribution in [0.4, 0.5) is 11.4 Å². The molecule has 2 aromatic rings. The minimum atomic E-state index is -3.64. The highest BCUT2D eigenvalue weighted by atomic mass is 32.2. The van der Waals surface area contributed by atoms with Crippen molar-refractivity contribution >= 4 is 27.3 Å². The van der Waals surface area contributed by atoms with Crippen LogP contribution in [0.3, 0.4) is 0 Å². The fourth-order valence-electron chi connectivity index (χ4n) is 3.50. The lowest BCUT2D eigenvalue weighted by Gasteiger charge is -2.28. The summed E-state index contributed by atoms with van der Waals surface area (Å²) >= 11 is 0. The molecule has 0 aromatic heterocycles. The average Bonchev–Trinajstić information content (AvgIpc) is 2.75. The number of morpholine rings is 1. The van der Waals surface area contributed by atoms with Gasteiger partial charge in [-0.15, -0.1) is 0 Å². The summed E-state index contributed by atoms with van der Waals surface area (Å²) in [6, 6.07) is 12.4. The van der Waals surface area contributed by atoms with E-state index in [1.165, 1.54) is 10.4 Å². The van der Waals surface area contributed by atoms with E-state index in [-0.39, 0.29) is 10.8 Å². The fraction of sp³-hybridized carbons (Fsp3) is 0.409. The lowest BCUT2D eigenvalue weighted by molar-refractivity contribution is 0.102. The molecule has 0 spiro atoms. The Morgan fingerprint density at radius 1 is 1.07 bits per heavy atom. The number of amides is 1. The first-order valence-corrected chi connectivity index (χ1v) is 11.7. The molecule has 0 radical (unpaired) electrons. The van der Waals surface area contributed by atoms with Crippen LogP contribution >= 0.6 is 0 Å². The lowest BCUT2D eigenvalue weighted by Crippen LogP contribution is -2.36. The molecule has 7 nitrogen and oxygen atoms in total. The molecule has 0 bridgehead atoms. The summed E-state index contributed by atoms with van der Waals surface area (Å²) in [7, 11) is -3.64. The third-order valence-electron chi connectivity index (χ3n) is 5.27. The first kappa shape index (κ1) is 22.3. The Hall–Kier alpha value is -2.42. The molecule has 1 fully saturated rings. The first-order chi connectivity index (χ1) is 14.4. The Labute approximate surface area is 178 Å². The molecule has 0 unspecified atom stereocenters. The minimum Gasteiger partial charge on any atom is -0.378 e. The van der Waals surface area contributed by atoms with Gasteiger partial charge >= 0.3 is 0 Å². The molecule has 162 valence electrons. The molecule has 3 rings (SSSR count). The number of nitrogens with zero attached hydrogens (tertiary/aromatic N) is 2. The maximum Gasteiger partial charge on any atom is 0.255 e. The van der Waals surface area contributed by atoms with Gasteiger partial charge in [0.15, 0.2) is 0 Å². The number of nitrogens with one attached hydrogen (secondary N) is 1. The van der Waals surface area contributed by atoms with Gasteiger partial charge in [-0.2, -0.15) is 4.31 Å². The molecule has 1 heterocycles. The molecule has 0 saturated carbocycles. The van der Waals surface area contributed by atoms with Gasteiger partial charge in [0.1, 0.15) is 0 Å². The predicted molar refractivity (Wildman–Crippen MR) is 119 cm³/mol. The molecule has 0 aliphatic carbocycles. The number of benzene rings is 2. The maximum atomic E-state index is 12.9. The Bertz CT molecular complexity index is 980. The van der Waals surface area contributed by atoms with Gasteiger partial charge in [0.2, 0.25) is 10.0 Å². The Kier molecular flexibility index (Phi) is 7.12. The molecule has 30 heavy (non-hydrogen) atoms. The van der Waals surface area contributed by atoms with Crippen molar-refractivity contribution in [1.82, 2.24) is 4.31 Å². The van der Waals surface area contributed by atoms with Crippen LogP contribution < -0.4 is 10.2 Å². The molecule has 0 atom stereocenters. The van der Waals surface area contributed by atoms with Crippen molar-refractivity contribution in [2.45, 2.75) is 25.7 Å². The third-order valence-corrected chi connectivity index (χ3v) is 7.47. The average molecular weight is 432 g/mol. The van der Waals surface area contributed by atoms with Crippen LogP contribution in [0.1, 0.15) is 29.8 Å². The zero-order valence-corrected chi connectivity index (χ0v) is 18.5. The SMILES string of the molecule is CCN(CC)S(=O)(=O)c1cc(C(=O)Nc2ccc(N3CCOCC3)cc2)ccc1C. The molecular weight excluding hydrogens is 402 g/mol. The van der Waals surface area contributed by atoms with E-state index in [0.717, 1.165) is 18.8 Å². The monoisotopic (exact) mass is 431 g/mol. The van der Waals surface area contributed by atoms with Crippen molar-refractivity contribution in [3.63, 3.8) is 0 Å². The summed E-state index contributed by atoms with van der Waals surface area (Å²) in [6.07, 6.45) is 0. The quantitative estimate of drug-likeness (QED) is 0.729. The van der Waals surface area contributed by atoms with E-state index < -0.39 is 10.0 Å².